The highest BCUT2D eigenvalue weighted by atomic mass is 12.6. The van der Waals surface area contributed by atoms with Crippen molar-refractivity contribution in [3.63, 3.8) is 0 Å². The third kappa shape index (κ3) is 5.05. The molecular weight excluding hydrogens is 60.1 g/mol. The smallest absolute Gasteiger partial charge is 0 e. The third-order valence-electron chi connectivity index (χ3n) is 0. The summed E-state index contributed by atoms with van der Waals surface area (Å²) in [5, 5.41) is 0. The van der Waals surface area contributed by atoms with Crippen LogP contribution in [0, 0.1) is 33.1 Å². The molecule has 0 rings (SSSR count). The quantitative estimate of drug-likeness (QED) is 0.361. The molecule has 0 saturated carbocycles. The summed E-state index contributed by atoms with van der Waals surface area (Å²) in [5.74, 6) is 0. The van der Waals surface area contributed by atoms with Crippen LogP contribution in [0.1, 0.15) is 0 Å². The molecule has 0 atom stereocenters. The van der Waals surface area contributed by atoms with E-state index < -0.39 is 0 Å². The van der Waals surface area contributed by atoms with Crippen molar-refractivity contribution < 1.29 is 0 Å². The first-order chi connectivity index (χ1) is 2.00. The van der Waals surface area contributed by atoms with Gasteiger partial charge in [0.05, 0.1) is 0 Å². The molecule has 0 aromatic carbocycles. The van der Waals surface area contributed by atoms with Gasteiger partial charge in [-0.2, -0.15) is 0 Å². The molecule has 0 amide bonds. The van der Waals surface area contributed by atoms with E-state index in [-0.39, 0.29) is 7.43 Å². The van der Waals surface area contributed by atoms with Crippen molar-refractivity contribution in [2.45, 2.75) is 0 Å². The van der Waals surface area contributed by atoms with E-state index in [0.717, 1.165) is 0 Å². The molecule has 0 nitrogen and oxygen atoms in total. The van der Waals surface area contributed by atoms with E-state index in [1.165, 1.54) is 0 Å². The van der Waals surface area contributed by atoms with Gasteiger partial charge in [-0.25, -0.2) is 0 Å². The van der Waals surface area contributed by atoms with Crippen LogP contribution in [0.15, 0.2) is 0 Å². The van der Waals surface area contributed by atoms with Crippen LogP contribution in [-0.2, 0) is 0 Å². The van der Waals surface area contributed by atoms with Crippen molar-refractivity contribution in [2.24, 2.45) is 0 Å². The molecule has 0 aliphatic heterocycles. The van der Waals surface area contributed by atoms with Crippen molar-refractivity contribution in [1.82, 2.24) is 0 Å². The van der Waals surface area contributed by atoms with Crippen LogP contribution in [0.4, 0.5) is 0 Å². The lowest BCUT2D eigenvalue weighted by Crippen LogP contribution is -0.576. The third-order valence-corrected chi connectivity index (χ3v) is 0. The maximum atomic E-state index is 4.00. The van der Waals surface area contributed by atoms with Crippen molar-refractivity contribution in [3.05, 3.63) is 7.43 Å². The Hall–Kier alpha value is -0.880. The first-order valence-corrected chi connectivity index (χ1v) is 0.667. The van der Waals surface area contributed by atoms with Crippen molar-refractivity contribution >= 4 is 0 Å². The Labute approximate surface area is 34.2 Å². The zero-order chi connectivity index (χ0) is 4.00. The van der Waals surface area contributed by atoms with Crippen molar-refractivity contribution in [2.75, 3.05) is 0 Å². The predicted molar refractivity (Wildman–Crippen MR) is 23.0 cm³/mol. The zero-order valence-electron chi connectivity index (χ0n) is 2.81. The lowest BCUT2D eigenvalue weighted by Gasteiger charge is -0.701. The Bertz CT molecular complexity index is 15.5. The minimum absolute atomic E-state index is 0. The standard InChI is InChI=1S/2C2H2.C/c2*1-2;/h2*1-2H;. The highest BCUT2D eigenvalue weighted by molar-refractivity contribution is 4.47. The fourth-order valence-corrected chi connectivity index (χ4v) is 0. The van der Waals surface area contributed by atoms with E-state index in [4.69, 9.17) is 0 Å². The molecule has 5 heavy (non-hydrogen) atoms. The predicted octanol–water partition coefficient (Wildman–Crippen LogP) is 0.580. The minimum atomic E-state index is 0. The molecule has 0 heterocycles. The maximum Gasteiger partial charge on any atom is 0 e. The molecule has 0 spiro atoms. The van der Waals surface area contributed by atoms with Gasteiger partial charge in [0, 0.05) is 7.43 Å². The van der Waals surface area contributed by atoms with Gasteiger partial charge >= 0.3 is 0 Å². The van der Waals surface area contributed by atoms with Gasteiger partial charge in [-0.1, -0.05) is 0 Å². The number of hydrogen-bond donors (Lipinski definition) is 0. The van der Waals surface area contributed by atoms with E-state index in [1.54, 1.807) is 0 Å². The summed E-state index contributed by atoms with van der Waals surface area (Å²) in [6, 6.07) is 0. The van der Waals surface area contributed by atoms with Crippen molar-refractivity contribution in [3.8, 4) is 25.7 Å². The second kappa shape index (κ2) is 18.1. The first kappa shape index (κ1) is 32.0. The average molecular weight is 64.1 g/mol. The summed E-state index contributed by atoms with van der Waals surface area (Å²) >= 11 is 0. The summed E-state index contributed by atoms with van der Waals surface area (Å²) in [7, 11) is 0. The van der Waals surface area contributed by atoms with Gasteiger partial charge in [0.25, 0.3) is 0 Å². The van der Waals surface area contributed by atoms with Gasteiger partial charge in [0.2, 0.25) is 0 Å². The fraction of sp³-hybridized carbons (Fsp3) is 0. The van der Waals surface area contributed by atoms with Crippen LogP contribution >= 0.6 is 0 Å². The van der Waals surface area contributed by atoms with Crippen LogP contribution in [0.2, 0.25) is 0 Å². The van der Waals surface area contributed by atoms with E-state index in [9.17, 15) is 0 Å². The fourth-order valence-electron chi connectivity index (χ4n) is 0. The normalized spacial score (nSPS) is 0.800. The van der Waals surface area contributed by atoms with Gasteiger partial charge in [-0.15, -0.1) is 25.7 Å². The molecule has 0 bridgehead atoms. The van der Waals surface area contributed by atoms with Gasteiger partial charge in [0.1, 0.15) is 0 Å². The number of rotatable bonds is 0. The molecule has 0 aliphatic rings. The summed E-state index contributed by atoms with van der Waals surface area (Å²) in [6.45, 7) is 0. The Kier molecular flexibility index (Phi) is 116. The second-order valence-electron chi connectivity index (χ2n) is 0. The number of hydrogen-bond acceptors (Lipinski definition) is 0. The van der Waals surface area contributed by atoms with Gasteiger partial charge in [-0.3, -0.25) is 0 Å². The summed E-state index contributed by atoms with van der Waals surface area (Å²) in [5.41, 5.74) is 0. The largest absolute Gasteiger partial charge is 0.124 e. The SMILES string of the molecule is C#C.C#C.[C]. The monoisotopic (exact) mass is 64.0 g/mol. The average Bonchev–Trinajstić information content (AvgIpc) is 1.50. The van der Waals surface area contributed by atoms with Gasteiger partial charge in [-0.05, 0) is 0 Å². The van der Waals surface area contributed by atoms with Crippen LogP contribution in [0.3, 0.4) is 0 Å². The zero-order valence-corrected chi connectivity index (χ0v) is 2.81. The summed E-state index contributed by atoms with van der Waals surface area (Å²) < 4.78 is 0. The van der Waals surface area contributed by atoms with Gasteiger partial charge < -0.3 is 0 Å². The molecular formula is C5H4. The van der Waals surface area contributed by atoms with E-state index in [0.29, 0.717) is 0 Å². The highest BCUT2D eigenvalue weighted by Gasteiger charge is 0.456. The van der Waals surface area contributed by atoms with E-state index in [2.05, 4.69) is 25.7 Å². The topological polar surface area (TPSA) is 0 Å². The molecule has 0 heteroatoms. The van der Waals surface area contributed by atoms with Crippen LogP contribution in [0.5, 0.6) is 0 Å². The molecule has 24 valence electrons. The van der Waals surface area contributed by atoms with Crippen LogP contribution < -0.4 is 0 Å². The van der Waals surface area contributed by atoms with Crippen molar-refractivity contribution in [1.29, 1.82) is 0 Å². The summed E-state index contributed by atoms with van der Waals surface area (Å²) in [6.07, 6.45) is 16.0. The van der Waals surface area contributed by atoms with Crippen LogP contribution in [0.25, 0.3) is 0 Å². The molecule has 0 aromatic heterocycles. The lowest BCUT2D eigenvalue weighted by molar-refractivity contribution is 3.24. The second-order valence-corrected chi connectivity index (χ2v) is 0. The Balaban J connectivity index is -0.0000000133. The number of terminal acetylenes is 2. The molecule has 0 saturated heterocycles. The molecule has 0 N–H and O–H groups in total. The Morgan fingerprint density at radius 3 is 0.600 bits per heavy atom. The first-order valence-electron chi connectivity index (χ1n) is 0.667. The lowest BCUT2D eigenvalue weighted by atomic mass is 11.4. The Morgan fingerprint density at radius 2 is 0.600 bits per heavy atom. The molecule has 0 aliphatic carbocycles. The van der Waals surface area contributed by atoms with E-state index in [1.807, 2.05) is 0 Å². The highest BCUT2D eigenvalue weighted by Crippen LogP contribution is 0.581. The summed E-state index contributed by atoms with van der Waals surface area (Å²) in [4.78, 5) is 0. The Morgan fingerprint density at radius 1 is 0.600 bits per heavy atom. The maximum absolute atomic E-state index is 4.00. The molecule has 4 radical (unpaired) electrons. The minimum Gasteiger partial charge on any atom is -0.124 e. The van der Waals surface area contributed by atoms with Crippen LogP contribution in [-0.4, -0.2) is 0 Å². The molecule has 0 aromatic rings. The van der Waals surface area contributed by atoms with E-state index >= 15 is 0 Å². The van der Waals surface area contributed by atoms with Gasteiger partial charge in [0.15, 0.2) is 0 Å². The molecule has 0 fully saturated rings. The molecule has 0 unspecified atom stereocenters.